The van der Waals surface area contributed by atoms with Gasteiger partial charge in [0.2, 0.25) is 5.91 Å². The van der Waals surface area contributed by atoms with Gasteiger partial charge in [0.25, 0.3) is 0 Å². The Morgan fingerprint density at radius 2 is 2.04 bits per heavy atom. The fourth-order valence-corrected chi connectivity index (χ4v) is 4.43. The van der Waals surface area contributed by atoms with E-state index in [1.165, 1.54) is 5.56 Å². The highest BCUT2D eigenvalue weighted by Crippen LogP contribution is 2.27. The maximum absolute atomic E-state index is 12.2. The molecule has 0 unspecified atom stereocenters. The maximum atomic E-state index is 12.2. The summed E-state index contributed by atoms with van der Waals surface area (Å²) in [5.41, 5.74) is 3.86. The summed E-state index contributed by atoms with van der Waals surface area (Å²) in [5.74, 6) is 0.764. The minimum Gasteiger partial charge on any atom is -0.326 e. The van der Waals surface area contributed by atoms with E-state index in [9.17, 15) is 4.79 Å². The number of thiazole rings is 1. The average Bonchev–Trinajstić information content (AvgIpc) is 3.05. The Labute approximate surface area is 174 Å². The molecule has 0 aliphatic heterocycles. The average molecular weight is 468 g/mol. The van der Waals surface area contributed by atoms with Gasteiger partial charge in [-0.05, 0) is 48.4 Å². The third-order valence-electron chi connectivity index (χ3n) is 3.59. The van der Waals surface area contributed by atoms with E-state index >= 15 is 0 Å². The maximum Gasteiger partial charge on any atom is 0.230 e. The first-order valence-electron chi connectivity index (χ1n) is 7.87. The van der Waals surface area contributed by atoms with Crippen molar-refractivity contribution in [2.75, 3.05) is 5.32 Å². The van der Waals surface area contributed by atoms with E-state index in [4.69, 9.17) is 11.6 Å². The highest BCUT2D eigenvalue weighted by atomic mass is 79.9. The van der Waals surface area contributed by atoms with Gasteiger partial charge < -0.3 is 5.32 Å². The van der Waals surface area contributed by atoms with E-state index in [0.29, 0.717) is 0 Å². The number of nitrogens with zero attached hydrogens (tertiary/aromatic N) is 1. The fourth-order valence-electron chi connectivity index (χ4n) is 2.25. The topological polar surface area (TPSA) is 42.0 Å². The Kier molecular flexibility index (Phi) is 6.75. The molecule has 3 aromatic rings. The Balaban J connectivity index is 1.53. The van der Waals surface area contributed by atoms with E-state index < -0.39 is 0 Å². The van der Waals surface area contributed by atoms with Crippen LogP contribution in [0.15, 0.2) is 56.7 Å². The number of anilines is 1. The molecular formula is C19H16BrClN2OS2. The van der Waals surface area contributed by atoms with Gasteiger partial charge in [-0.2, -0.15) is 0 Å². The van der Waals surface area contributed by atoms with E-state index in [2.05, 4.69) is 26.2 Å². The normalized spacial score (nSPS) is 10.7. The molecule has 0 radical (unpaired) electrons. The SMILES string of the molecule is Cc1cc(NC(=O)Cc2csc(SCc3ccc(Cl)cc3)n2)ccc1Br. The molecule has 0 saturated heterocycles. The first-order chi connectivity index (χ1) is 12.5. The minimum absolute atomic E-state index is 0.0636. The van der Waals surface area contributed by atoms with Crippen LogP contribution in [0.25, 0.3) is 0 Å². The highest BCUT2D eigenvalue weighted by molar-refractivity contribution is 9.10. The molecule has 1 amide bonds. The summed E-state index contributed by atoms with van der Waals surface area (Å²) >= 11 is 12.6. The molecule has 134 valence electrons. The van der Waals surface area contributed by atoms with Crippen molar-refractivity contribution >= 4 is 62.2 Å². The monoisotopic (exact) mass is 466 g/mol. The highest BCUT2D eigenvalue weighted by Gasteiger charge is 2.09. The molecule has 3 rings (SSSR count). The quantitative estimate of drug-likeness (QED) is 0.430. The molecular weight excluding hydrogens is 452 g/mol. The lowest BCUT2D eigenvalue weighted by molar-refractivity contribution is -0.115. The summed E-state index contributed by atoms with van der Waals surface area (Å²) in [6, 6.07) is 13.5. The van der Waals surface area contributed by atoms with Crippen molar-refractivity contribution < 1.29 is 4.79 Å². The number of rotatable bonds is 6. The Bertz CT molecular complexity index is 912. The molecule has 2 aromatic carbocycles. The molecule has 0 saturated carbocycles. The van der Waals surface area contributed by atoms with Gasteiger partial charge in [-0.15, -0.1) is 11.3 Å². The van der Waals surface area contributed by atoms with Gasteiger partial charge in [-0.25, -0.2) is 4.98 Å². The van der Waals surface area contributed by atoms with E-state index in [1.54, 1.807) is 23.1 Å². The third-order valence-corrected chi connectivity index (χ3v) is 6.87. The number of aromatic nitrogens is 1. The number of hydrogen-bond donors (Lipinski definition) is 1. The van der Waals surface area contributed by atoms with Gasteiger partial charge in [-0.1, -0.05) is 51.4 Å². The predicted octanol–water partition coefficient (Wildman–Crippen LogP) is 6.34. The molecule has 0 aliphatic rings. The van der Waals surface area contributed by atoms with Crippen molar-refractivity contribution in [1.29, 1.82) is 0 Å². The fraction of sp³-hybridized carbons (Fsp3) is 0.158. The molecule has 0 aliphatic carbocycles. The van der Waals surface area contributed by atoms with Crippen LogP contribution in [0.1, 0.15) is 16.8 Å². The summed E-state index contributed by atoms with van der Waals surface area (Å²) in [7, 11) is 0. The first kappa shape index (κ1) is 19.4. The lowest BCUT2D eigenvalue weighted by Crippen LogP contribution is -2.14. The zero-order chi connectivity index (χ0) is 18.5. The van der Waals surface area contributed by atoms with Crippen molar-refractivity contribution in [2.24, 2.45) is 0 Å². The van der Waals surface area contributed by atoms with Crippen LogP contribution in [0, 0.1) is 6.92 Å². The van der Waals surface area contributed by atoms with Crippen LogP contribution in [0.4, 0.5) is 5.69 Å². The number of thioether (sulfide) groups is 1. The molecule has 3 nitrogen and oxygen atoms in total. The number of hydrogen-bond acceptors (Lipinski definition) is 4. The van der Waals surface area contributed by atoms with Crippen molar-refractivity contribution in [3.8, 4) is 0 Å². The summed E-state index contributed by atoms with van der Waals surface area (Å²) in [4.78, 5) is 16.8. The Hall–Kier alpha value is -1.34. The van der Waals surface area contributed by atoms with Crippen LogP contribution in [0.3, 0.4) is 0 Å². The number of aryl methyl sites for hydroxylation is 1. The van der Waals surface area contributed by atoms with Crippen LogP contribution in [0.2, 0.25) is 5.02 Å². The first-order valence-corrected chi connectivity index (χ1v) is 10.9. The van der Waals surface area contributed by atoms with Gasteiger partial charge in [0, 0.05) is 26.3 Å². The van der Waals surface area contributed by atoms with Gasteiger partial charge in [0.15, 0.2) is 0 Å². The Morgan fingerprint density at radius 3 is 2.77 bits per heavy atom. The lowest BCUT2D eigenvalue weighted by atomic mass is 10.2. The minimum atomic E-state index is -0.0636. The summed E-state index contributed by atoms with van der Waals surface area (Å²) in [6.45, 7) is 1.99. The molecule has 0 atom stereocenters. The van der Waals surface area contributed by atoms with Crippen LogP contribution in [-0.2, 0) is 17.0 Å². The molecule has 1 aromatic heterocycles. The van der Waals surface area contributed by atoms with Crippen LogP contribution in [0.5, 0.6) is 0 Å². The van der Waals surface area contributed by atoms with Crippen molar-refractivity contribution in [3.05, 3.63) is 74.2 Å². The molecule has 1 N–H and O–H groups in total. The second-order valence-electron chi connectivity index (χ2n) is 5.71. The zero-order valence-electron chi connectivity index (χ0n) is 14.0. The summed E-state index contributed by atoms with van der Waals surface area (Å²) in [5, 5.41) is 5.60. The van der Waals surface area contributed by atoms with Gasteiger partial charge in [-0.3, -0.25) is 4.79 Å². The molecule has 1 heterocycles. The van der Waals surface area contributed by atoms with Crippen LogP contribution >= 0.6 is 50.6 Å². The number of carbonyl (C=O) groups excluding carboxylic acids is 1. The second-order valence-corrected chi connectivity index (χ2v) is 9.08. The van der Waals surface area contributed by atoms with E-state index in [0.717, 1.165) is 36.5 Å². The number of nitrogens with one attached hydrogen (secondary N) is 1. The number of halogens is 2. The van der Waals surface area contributed by atoms with E-state index in [-0.39, 0.29) is 12.3 Å². The standard InChI is InChI=1S/C19H16BrClN2OS2/c1-12-8-15(6-7-17(12)20)22-18(24)9-16-11-26-19(23-16)25-10-13-2-4-14(21)5-3-13/h2-8,11H,9-10H2,1H3,(H,22,24). The summed E-state index contributed by atoms with van der Waals surface area (Å²) in [6.07, 6.45) is 0.271. The van der Waals surface area contributed by atoms with Gasteiger partial charge in [0.1, 0.15) is 4.34 Å². The number of benzene rings is 2. The number of carbonyl (C=O) groups is 1. The summed E-state index contributed by atoms with van der Waals surface area (Å²) < 4.78 is 1.99. The zero-order valence-corrected chi connectivity index (χ0v) is 17.9. The Morgan fingerprint density at radius 1 is 1.27 bits per heavy atom. The molecule has 7 heteroatoms. The number of amides is 1. The van der Waals surface area contributed by atoms with Crippen molar-refractivity contribution in [2.45, 2.75) is 23.4 Å². The lowest BCUT2D eigenvalue weighted by Gasteiger charge is -2.06. The molecule has 0 spiro atoms. The molecule has 0 fully saturated rings. The van der Waals surface area contributed by atoms with E-state index in [1.807, 2.05) is 54.8 Å². The molecule has 0 bridgehead atoms. The van der Waals surface area contributed by atoms with Gasteiger partial charge >= 0.3 is 0 Å². The molecule has 26 heavy (non-hydrogen) atoms. The smallest absolute Gasteiger partial charge is 0.230 e. The third kappa shape index (κ3) is 5.58. The van der Waals surface area contributed by atoms with Gasteiger partial charge in [0.05, 0.1) is 12.1 Å². The van der Waals surface area contributed by atoms with Crippen LogP contribution < -0.4 is 5.32 Å². The van der Waals surface area contributed by atoms with Crippen molar-refractivity contribution in [1.82, 2.24) is 4.98 Å². The predicted molar refractivity (Wildman–Crippen MR) is 114 cm³/mol. The second kappa shape index (κ2) is 9.04. The van der Waals surface area contributed by atoms with Crippen molar-refractivity contribution in [3.63, 3.8) is 0 Å². The largest absolute Gasteiger partial charge is 0.326 e. The van der Waals surface area contributed by atoms with Crippen LogP contribution in [-0.4, -0.2) is 10.9 Å².